The van der Waals surface area contributed by atoms with Crippen molar-refractivity contribution in [3.05, 3.63) is 0 Å². The van der Waals surface area contributed by atoms with Crippen LogP contribution in [0.2, 0.25) is 0 Å². The lowest BCUT2D eigenvalue weighted by atomic mass is 9.81. The Morgan fingerprint density at radius 3 is 2.33 bits per heavy atom. The molecule has 1 heterocycles. The summed E-state index contributed by atoms with van der Waals surface area (Å²) >= 11 is 0. The van der Waals surface area contributed by atoms with Gasteiger partial charge < -0.3 is 9.47 Å². The van der Waals surface area contributed by atoms with Gasteiger partial charge in [0.2, 0.25) is 0 Å². The number of halogens is 1. The summed E-state index contributed by atoms with van der Waals surface area (Å²) in [5.74, 6) is 0.956. The molecule has 1 saturated carbocycles. The van der Waals surface area contributed by atoms with Gasteiger partial charge in [-0.15, -0.1) is 0 Å². The van der Waals surface area contributed by atoms with Crippen LogP contribution < -0.4 is 0 Å². The van der Waals surface area contributed by atoms with E-state index in [0.717, 1.165) is 26.1 Å². The molecule has 2 aliphatic rings. The molecule has 0 amide bonds. The van der Waals surface area contributed by atoms with Gasteiger partial charge in [-0.05, 0) is 25.2 Å². The summed E-state index contributed by atoms with van der Waals surface area (Å²) in [5.41, 5.74) is 0. The monoisotopic (exact) mass is 216 g/mol. The molecule has 0 radical (unpaired) electrons. The lowest BCUT2D eigenvalue weighted by molar-refractivity contribution is -0.229. The topological polar surface area (TPSA) is 18.5 Å². The van der Waals surface area contributed by atoms with Gasteiger partial charge in [0.25, 0.3) is 0 Å². The zero-order chi connectivity index (χ0) is 10.8. The molecular weight excluding hydrogens is 195 g/mol. The molecule has 0 aromatic heterocycles. The fourth-order valence-corrected chi connectivity index (χ4v) is 2.43. The van der Waals surface area contributed by atoms with Crippen LogP contribution in [-0.2, 0) is 9.47 Å². The van der Waals surface area contributed by atoms with Crippen LogP contribution in [0.5, 0.6) is 0 Å². The molecule has 0 aromatic rings. The average molecular weight is 216 g/mol. The Labute approximate surface area is 91.1 Å². The van der Waals surface area contributed by atoms with Crippen molar-refractivity contribution in [1.29, 1.82) is 0 Å². The maximum Gasteiger partial charge on any atom is 0.160 e. The zero-order valence-corrected chi connectivity index (χ0v) is 9.62. The molecule has 3 atom stereocenters. The third-order valence-electron chi connectivity index (χ3n) is 3.61. The van der Waals surface area contributed by atoms with E-state index in [1.54, 1.807) is 0 Å². The van der Waals surface area contributed by atoms with Gasteiger partial charge in [0.1, 0.15) is 6.17 Å². The lowest BCUT2D eigenvalue weighted by Gasteiger charge is -2.37. The van der Waals surface area contributed by atoms with Crippen LogP contribution in [0.4, 0.5) is 4.39 Å². The Balaban J connectivity index is 1.84. The zero-order valence-electron chi connectivity index (χ0n) is 9.62. The van der Waals surface area contributed by atoms with E-state index in [-0.39, 0.29) is 18.1 Å². The van der Waals surface area contributed by atoms with Gasteiger partial charge in [0, 0.05) is 11.8 Å². The second-order valence-corrected chi connectivity index (χ2v) is 5.21. The Morgan fingerprint density at radius 2 is 1.73 bits per heavy atom. The maximum atomic E-state index is 13.5. The number of hydrogen-bond acceptors (Lipinski definition) is 2. The van der Waals surface area contributed by atoms with Crippen LogP contribution in [0, 0.1) is 17.8 Å². The minimum atomic E-state index is -0.671. The average Bonchev–Trinajstić information content (AvgIpc) is 2.23. The van der Waals surface area contributed by atoms with Crippen LogP contribution in [0.15, 0.2) is 0 Å². The lowest BCUT2D eigenvalue weighted by Crippen LogP contribution is -2.39. The highest BCUT2D eigenvalue weighted by Gasteiger charge is 2.35. The first kappa shape index (κ1) is 11.3. The Kier molecular flexibility index (Phi) is 3.62. The predicted octanol–water partition coefficient (Wildman–Crippen LogP) is 2.77. The molecule has 2 nitrogen and oxygen atoms in total. The highest BCUT2D eigenvalue weighted by atomic mass is 19.1. The van der Waals surface area contributed by atoms with Crippen LogP contribution in [0.3, 0.4) is 0 Å². The standard InChI is InChI=1S/C12H21FO2/c1-8-6-14-12(15-7-8)10-4-3-9(2)11(13)5-10/h8-12H,3-7H2,1-2H3/t8?,9-,10-,11?,12?/m0/s1. The molecule has 0 N–H and O–H groups in total. The Bertz CT molecular complexity index is 202. The minimum Gasteiger partial charge on any atom is -0.352 e. The highest BCUT2D eigenvalue weighted by Crippen LogP contribution is 2.35. The van der Waals surface area contributed by atoms with Gasteiger partial charge in [-0.3, -0.25) is 0 Å². The molecule has 0 aromatic carbocycles. The van der Waals surface area contributed by atoms with E-state index in [4.69, 9.17) is 9.47 Å². The van der Waals surface area contributed by atoms with E-state index in [1.165, 1.54) is 0 Å². The van der Waals surface area contributed by atoms with Crippen molar-refractivity contribution in [2.75, 3.05) is 13.2 Å². The summed E-state index contributed by atoms with van der Waals surface area (Å²) in [6, 6.07) is 0. The number of rotatable bonds is 1. The van der Waals surface area contributed by atoms with Crippen LogP contribution >= 0.6 is 0 Å². The molecule has 0 spiro atoms. The maximum absolute atomic E-state index is 13.5. The van der Waals surface area contributed by atoms with Crippen molar-refractivity contribution in [2.45, 2.75) is 45.6 Å². The van der Waals surface area contributed by atoms with E-state index >= 15 is 0 Å². The van der Waals surface area contributed by atoms with Gasteiger partial charge in [0.15, 0.2) is 6.29 Å². The molecule has 2 fully saturated rings. The molecular formula is C12H21FO2. The minimum absolute atomic E-state index is 0.146. The normalized spacial score (nSPS) is 47.8. The second kappa shape index (κ2) is 4.79. The fraction of sp³-hybridized carbons (Fsp3) is 1.00. The smallest absolute Gasteiger partial charge is 0.160 e. The van der Waals surface area contributed by atoms with Crippen molar-refractivity contribution in [3.8, 4) is 0 Å². The molecule has 15 heavy (non-hydrogen) atoms. The summed E-state index contributed by atoms with van der Waals surface area (Å²) in [5, 5.41) is 0. The first-order chi connectivity index (χ1) is 7.16. The third-order valence-corrected chi connectivity index (χ3v) is 3.61. The molecule has 2 rings (SSSR count). The van der Waals surface area contributed by atoms with E-state index in [2.05, 4.69) is 6.92 Å². The van der Waals surface area contributed by atoms with Crippen molar-refractivity contribution in [2.24, 2.45) is 17.8 Å². The Morgan fingerprint density at radius 1 is 1.07 bits per heavy atom. The first-order valence-corrected chi connectivity index (χ1v) is 6.04. The molecule has 0 bridgehead atoms. The molecule has 1 aliphatic heterocycles. The number of hydrogen-bond donors (Lipinski definition) is 0. The van der Waals surface area contributed by atoms with Crippen LogP contribution in [-0.4, -0.2) is 25.7 Å². The summed E-state index contributed by atoms with van der Waals surface area (Å²) < 4.78 is 24.8. The van der Waals surface area contributed by atoms with Crippen molar-refractivity contribution in [1.82, 2.24) is 0 Å². The van der Waals surface area contributed by atoms with E-state index < -0.39 is 6.17 Å². The fourth-order valence-electron chi connectivity index (χ4n) is 2.43. The van der Waals surface area contributed by atoms with Gasteiger partial charge in [-0.1, -0.05) is 13.8 Å². The van der Waals surface area contributed by atoms with Gasteiger partial charge in [-0.2, -0.15) is 0 Å². The van der Waals surface area contributed by atoms with E-state index in [1.807, 2.05) is 6.92 Å². The number of ether oxygens (including phenoxy) is 2. The molecule has 1 aliphatic carbocycles. The van der Waals surface area contributed by atoms with Gasteiger partial charge in [0.05, 0.1) is 13.2 Å². The summed E-state index contributed by atoms with van der Waals surface area (Å²) in [6.45, 7) is 5.62. The van der Waals surface area contributed by atoms with Gasteiger partial charge in [-0.25, -0.2) is 4.39 Å². The summed E-state index contributed by atoms with van der Waals surface area (Å²) in [7, 11) is 0. The molecule has 1 saturated heterocycles. The predicted molar refractivity (Wildman–Crippen MR) is 56.3 cm³/mol. The van der Waals surface area contributed by atoms with Gasteiger partial charge >= 0.3 is 0 Å². The SMILES string of the molecule is CC1COC([C@H]2CC[C@H](C)C(F)C2)OC1. The summed E-state index contributed by atoms with van der Waals surface area (Å²) in [6.07, 6.45) is 1.80. The van der Waals surface area contributed by atoms with E-state index in [0.29, 0.717) is 12.3 Å². The second-order valence-electron chi connectivity index (χ2n) is 5.21. The van der Waals surface area contributed by atoms with E-state index in [9.17, 15) is 4.39 Å². The number of alkyl halides is 1. The quantitative estimate of drug-likeness (QED) is 0.671. The highest BCUT2D eigenvalue weighted by molar-refractivity contribution is 4.80. The third kappa shape index (κ3) is 2.70. The molecule has 3 heteroatoms. The van der Waals surface area contributed by atoms with Crippen LogP contribution in [0.25, 0.3) is 0 Å². The largest absolute Gasteiger partial charge is 0.352 e. The first-order valence-electron chi connectivity index (χ1n) is 6.04. The van der Waals surface area contributed by atoms with Crippen LogP contribution in [0.1, 0.15) is 33.1 Å². The molecule has 88 valence electrons. The van der Waals surface area contributed by atoms with Crippen molar-refractivity contribution in [3.63, 3.8) is 0 Å². The van der Waals surface area contributed by atoms with Crippen molar-refractivity contribution < 1.29 is 13.9 Å². The van der Waals surface area contributed by atoms with Crippen molar-refractivity contribution >= 4 is 0 Å². The molecule has 1 unspecified atom stereocenters. The summed E-state index contributed by atoms with van der Waals surface area (Å²) in [4.78, 5) is 0. The Hall–Kier alpha value is -0.150.